The van der Waals surface area contributed by atoms with Crippen LogP contribution in [0.1, 0.15) is 13.3 Å². The third-order valence-electron chi connectivity index (χ3n) is 2.02. The van der Waals surface area contributed by atoms with Crippen molar-refractivity contribution in [1.29, 1.82) is 0 Å². The number of nitrogens with zero attached hydrogens (tertiary/aromatic N) is 1. The zero-order valence-corrected chi connectivity index (χ0v) is 11.3. The zero-order valence-electron chi connectivity index (χ0n) is 10.5. The zero-order chi connectivity index (χ0) is 14.2. The van der Waals surface area contributed by atoms with Crippen LogP contribution in [0.2, 0.25) is 0 Å². The largest absolute Gasteiger partial charge is 0.481 e. The summed E-state index contributed by atoms with van der Waals surface area (Å²) in [7, 11) is -1.91. The summed E-state index contributed by atoms with van der Waals surface area (Å²) in [6.07, 6.45) is -0.153. The maximum atomic E-state index is 11.4. The molecular weight excluding hydrogens is 262 g/mol. The molecule has 0 aliphatic heterocycles. The number of sulfonamides is 1. The summed E-state index contributed by atoms with van der Waals surface area (Å²) in [6, 6.07) is -0.497. The molecule has 9 heteroatoms. The van der Waals surface area contributed by atoms with Gasteiger partial charge in [-0.1, -0.05) is 6.92 Å². The average Bonchev–Trinajstić information content (AvgIpc) is 2.25. The fourth-order valence-corrected chi connectivity index (χ4v) is 2.04. The van der Waals surface area contributed by atoms with Crippen LogP contribution in [-0.2, 0) is 14.8 Å². The van der Waals surface area contributed by atoms with Gasteiger partial charge in [0.05, 0.1) is 12.2 Å². The highest BCUT2D eigenvalue weighted by molar-refractivity contribution is 7.89. The van der Waals surface area contributed by atoms with Crippen molar-refractivity contribution in [2.24, 2.45) is 0 Å². The molecule has 0 aliphatic carbocycles. The van der Waals surface area contributed by atoms with Crippen molar-refractivity contribution in [2.75, 3.05) is 32.4 Å². The van der Waals surface area contributed by atoms with E-state index in [1.807, 2.05) is 0 Å². The van der Waals surface area contributed by atoms with Crippen LogP contribution in [-0.4, -0.2) is 62.9 Å². The number of carboxylic acid groups (broad SMARTS) is 1. The third-order valence-corrected chi connectivity index (χ3v) is 3.49. The van der Waals surface area contributed by atoms with E-state index in [0.29, 0.717) is 6.54 Å². The predicted molar refractivity (Wildman–Crippen MR) is 65.7 cm³/mol. The van der Waals surface area contributed by atoms with Crippen LogP contribution in [0.15, 0.2) is 0 Å². The minimum absolute atomic E-state index is 0.0222. The molecule has 0 atom stereocenters. The number of carboxylic acids is 1. The standard InChI is InChI=1S/C9H19N3O5S/c1-3-11-18(16,17)7-5-10-9(15)12(2)6-4-8(13)14/h11H,3-7H2,1-2H3,(H,10,15)(H,13,14). The Morgan fingerprint density at radius 1 is 1.33 bits per heavy atom. The average molecular weight is 281 g/mol. The van der Waals surface area contributed by atoms with Crippen LogP contribution in [0.25, 0.3) is 0 Å². The summed E-state index contributed by atoms with van der Waals surface area (Å²) in [6.45, 7) is 2.01. The maximum Gasteiger partial charge on any atom is 0.317 e. The van der Waals surface area contributed by atoms with E-state index in [0.717, 1.165) is 0 Å². The Morgan fingerprint density at radius 3 is 2.44 bits per heavy atom. The Labute approximate surface area is 106 Å². The molecule has 0 aliphatic rings. The van der Waals surface area contributed by atoms with Gasteiger partial charge in [0.2, 0.25) is 10.0 Å². The molecule has 3 N–H and O–H groups in total. The lowest BCUT2D eigenvalue weighted by molar-refractivity contribution is -0.137. The molecule has 0 saturated heterocycles. The van der Waals surface area contributed by atoms with Crippen molar-refractivity contribution < 1.29 is 23.1 Å². The summed E-state index contributed by atoms with van der Waals surface area (Å²) in [5.41, 5.74) is 0. The molecule has 0 heterocycles. The van der Waals surface area contributed by atoms with Crippen molar-refractivity contribution >= 4 is 22.0 Å². The number of amides is 2. The van der Waals surface area contributed by atoms with Gasteiger partial charge in [-0.25, -0.2) is 17.9 Å². The quantitative estimate of drug-likeness (QED) is 0.530. The van der Waals surface area contributed by atoms with Crippen LogP contribution in [0, 0.1) is 0 Å². The fraction of sp³-hybridized carbons (Fsp3) is 0.778. The van der Waals surface area contributed by atoms with E-state index in [9.17, 15) is 18.0 Å². The Balaban J connectivity index is 3.93. The Hall–Kier alpha value is -1.35. The first-order chi connectivity index (χ1) is 8.28. The van der Waals surface area contributed by atoms with Crippen LogP contribution in [0.4, 0.5) is 4.79 Å². The van der Waals surface area contributed by atoms with Gasteiger partial charge in [-0.05, 0) is 0 Å². The van der Waals surface area contributed by atoms with E-state index in [1.165, 1.54) is 11.9 Å². The Morgan fingerprint density at radius 2 is 1.94 bits per heavy atom. The number of carbonyl (C=O) groups excluding carboxylic acids is 1. The van der Waals surface area contributed by atoms with E-state index >= 15 is 0 Å². The SMILES string of the molecule is CCNS(=O)(=O)CCNC(=O)N(C)CCC(=O)O. The lowest BCUT2D eigenvalue weighted by Gasteiger charge is -2.16. The Bertz CT molecular complexity index is 382. The molecule has 0 aromatic carbocycles. The minimum atomic E-state index is -3.36. The van der Waals surface area contributed by atoms with E-state index < -0.39 is 22.0 Å². The van der Waals surface area contributed by atoms with Crippen molar-refractivity contribution in [3.63, 3.8) is 0 Å². The molecule has 106 valence electrons. The van der Waals surface area contributed by atoms with Crippen LogP contribution in [0.5, 0.6) is 0 Å². The van der Waals surface area contributed by atoms with Gasteiger partial charge in [0.15, 0.2) is 0 Å². The number of urea groups is 1. The monoisotopic (exact) mass is 281 g/mol. The number of rotatable bonds is 8. The second-order valence-corrected chi connectivity index (χ2v) is 5.54. The molecule has 2 amide bonds. The van der Waals surface area contributed by atoms with Gasteiger partial charge in [-0.3, -0.25) is 4.79 Å². The molecule has 0 unspecified atom stereocenters. The van der Waals surface area contributed by atoms with Gasteiger partial charge >= 0.3 is 12.0 Å². The molecular formula is C9H19N3O5S. The molecule has 18 heavy (non-hydrogen) atoms. The summed E-state index contributed by atoms with van der Waals surface area (Å²) >= 11 is 0. The van der Waals surface area contributed by atoms with Crippen LogP contribution >= 0.6 is 0 Å². The highest BCUT2D eigenvalue weighted by atomic mass is 32.2. The fourth-order valence-electron chi connectivity index (χ4n) is 1.08. The molecule has 0 aromatic heterocycles. The van der Waals surface area contributed by atoms with Gasteiger partial charge in [0, 0.05) is 26.7 Å². The maximum absolute atomic E-state index is 11.4. The number of hydrogen-bond acceptors (Lipinski definition) is 4. The van der Waals surface area contributed by atoms with E-state index in [2.05, 4.69) is 10.0 Å². The van der Waals surface area contributed by atoms with Crippen molar-refractivity contribution in [2.45, 2.75) is 13.3 Å². The molecule has 0 saturated carbocycles. The molecule has 0 spiro atoms. The van der Waals surface area contributed by atoms with Crippen LogP contribution < -0.4 is 10.0 Å². The van der Waals surface area contributed by atoms with Gasteiger partial charge in [-0.15, -0.1) is 0 Å². The molecule has 0 rings (SSSR count). The molecule has 0 aromatic rings. The van der Waals surface area contributed by atoms with Crippen molar-refractivity contribution in [3.8, 4) is 0 Å². The number of nitrogens with one attached hydrogen (secondary N) is 2. The van der Waals surface area contributed by atoms with Crippen molar-refractivity contribution in [1.82, 2.24) is 14.9 Å². The topological polar surface area (TPSA) is 116 Å². The summed E-state index contributed by atoms with van der Waals surface area (Å²) < 4.78 is 24.8. The third kappa shape index (κ3) is 7.85. The molecule has 8 nitrogen and oxygen atoms in total. The van der Waals surface area contributed by atoms with Gasteiger partial charge in [0.25, 0.3) is 0 Å². The van der Waals surface area contributed by atoms with Gasteiger partial charge < -0.3 is 15.3 Å². The van der Waals surface area contributed by atoms with Crippen LogP contribution in [0.3, 0.4) is 0 Å². The first-order valence-electron chi connectivity index (χ1n) is 5.46. The number of hydrogen-bond donors (Lipinski definition) is 3. The number of aliphatic carboxylic acids is 1. The summed E-state index contributed by atoms with van der Waals surface area (Å²) in [4.78, 5) is 22.9. The first-order valence-corrected chi connectivity index (χ1v) is 7.12. The molecule has 0 bridgehead atoms. The first kappa shape index (κ1) is 16.6. The highest BCUT2D eigenvalue weighted by Gasteiger charge is 2.12. The molecule has 0 fully saturated rings. The summed E-state index contributed by atoms with van der Waals surface area (Å²) in [5, 5.41) is 10.8. The van der Waals surface area contributed by atoms with E-state index in [1.54, 1.807) is 6.92 Å². The summed E-state index contributed by atoms with van der Waals surface area (Å²) in [5.74, 6) is -1.20. The minimum Gasteiger partial charge on any atom is -0.481 e. The van der Waals surface area contributed by atoms with E-state index in [4.69, 9.17) is 5.11 Å². The normalized spacial score (nSPS) is 11.0. The van der Waals surface area contributed by atoms with Crippen molar-refractivity contribution in [3.05, 3.63) is 0 Å². The second kappa shape index (κ2) is 7.88. The smallest absolute Gasteiger partial charge is 0.317 e. The second-order valence-electron chi connectivity index (χ2n) is 3.61. The lowest BCUT2D eigenvalue weighted by Crippen LogP contribution is -2.41. The van der Waals surface area contributed by atoms with Gasteiger partial charge in [0.1, 0.15) is 0 Å². The Kier molecular flexibility index (Phi) is 7.29. The predicted octanol–water partition coefficient (Wildman–Crippen LogP) is -0.958. The highest BCUT2D eigenvalue weighted by Crippen LogP contribution is 1.89. The van der Waals surface area contributed by atoms with Gasteiger partial charge in [-0.2, -0.15) is 0 Å². The number of carbonyl (C=O) groups is 2. The van der Waals surface area contributed by atoms with E-state index in [-0.39, 0.29) is 25.3 Å². The lowest BCUT2D eigenvalue weighted by atomic mass is 10.4. The molecule has 0 radical (unpaired) electrons.